The fraction of sp³-hybridized carbons (Fsp3) is 0.143. The second kappa shape index (κ2) is 8.31. The summed E-state index contributed by atoms with van der Waals surface area (Å²) in [5.74, 6) is -1.44. The predicted molar refractivity (Wildman–Crippen MR) is 100 cm³/mol. The van der Waals surface area contributed by atoms with E-state index in [2.05, 4.69) is 5.32 Å². The molecule has 6 heteroatoms. The van der Waals surface area contributed by atoms with Gasteiger partial charge in [-0.05, 0) is 42.0 Å². The lowest BCUT2D eigenvalue weighted by atomic mass is 10.1. The molecule has 3 rings (SSSR count). The molecule has 27 heavy (non-hydrogen) atoms. The predicted octanol–water partition coefficient (Wildman–Crippen LogP) is 3.93. The van der Waals surface area contributed by atoms with Crippen molar-refractivity contribution in [3.63, 3.8) is 0 Å². The molecular formula is C21H18FNO4. The summed E-state index contributed by atoms with van der Waals surface area (Å²) in [6, 6.07) is 18.7. The van der Waals surface area contributed by atoms with Crippen LogP contribution >= 0.6 is 0 Å². The van der Waals surface area contributed by atoms with Crippen LogP contribution in [0, 0.1) is 5.82 Å². The lowest BCUT2D eigenvalue weighted by Crippen LogP contribution is -2.31. The van der Waals surface area contributed by atoms with Gasteiger partial charge in [0.1, 0.15) is 11.6 Å². The number of amides is 1. The Kier molecular flexibility index (Phi) is 5.66. The number of hydrogen-bond donors (Lipinski definition) is 1. The van der Waals surface area contributed by atoms with Crippen LogP contribution in [0.3, 0.4) is 0 Å². The highest BCUT2D eigenvalue weighted by atomic mass is 19.1. The van der Waals surface area contributed by atoms with Crippen molar-refractivity contribution in [2.75, 3.05) is 11.9 Å². The first-order chi connectivity index (χ1) is 13.0. The average Bonchev–Trinajstić information content (AvgIpc) is 2.66. The van der Waals surface area contributed by atoms with Crippen LogP contribution in [0.25, 0.3) is 10.8 Å². The van der Waals surface area contributed by atoms with Gasteiger partial charge in [-0.15, -0.1) is 0 Å². The minimum absolute atomic E-state index is 0.209. The van der Waals surface area contributed by atoms with Gasteiger partial charge in [-0.25, -0.2) is 9.18 Å². The molecule has 0 aliphatic rings. The molecule has 0 fully saturated rings. The third-order valence-electron chi connectivity index (χ3n) is 3.85. The minimum atomic E-state index is -1.000. The normalized spacial score (nSPS) is 11.6. The molecule has 0 aromatic heterocycles. The van der Waals surface area contributed by atoms with Crippen LogP contribution < -0.4 is 10.1 Å². The van der Waals surface area contributed by atoms with Crippen molar-refractivity contribution in [1.82, 2.24) is 0 Å². The Balaban J connectivity index is 1.52. The van der Waals surface area contributed by atoms with Gasteiger partial charge in [0.15, 0.2) is 12.7 Å². The number of carbonyl (C=O) groups excluding carboxylic acids is 2. The molecule has 0 heterocycles. The molecule has 0 saturated carbocycles. The summed E-state index contributed by atoms with van der Waals surface area (Å²) >= 11 is 0. The fourth-order valence-corrected chi connectivity index (χ4v) is 2.49. The maximum absolute atomic E-state index is 13.1. The highest BCUT2D eigenvalue weighted by Crippen LogP contribution is 2.19. The summed E-state index contributed by atoms with van der Waals surface area (Å²) < 4.78 is 23.3. The zero-order valence-electron chi connectivity index (χ0n) is 14.6. The van der Waals surface area contributed by atoms with E-state index in [-0.39, 0.29) is 5.75 Å². The number of nitrogens with one attached hydrogen (secondary N) is 1. The second-order valence-electron chi connectivity index (χ2n) is 5.93. The Morgan fingerprint density at radius 2 is 1.78 bits per heavy atom. The summed E-state index contributed by atoms with van der Waals surface area (Å²) in [6.45, 7) is 1.05. The van der Waals surface area contributed by atoms with Gasteiger partial charge in [0.05, 0.1) is 0 Å². The fourth-order valence-electron chi connectivity index (χ4n) is 2.49. The van der Waals surface area contributed by atoms with Crippen molar-refractivity contribution in [3.8, 4) is 5.75 Å². The van der Waals surface area contributed by atoms with E-state index in [4.69, 9.17) is 9.47 Å². The van der Waals surface area contributed by atoms with Crippen LogP contribution in [0.15, 0.2) is 66.7 Å². The number of benzene rings is 3. The highest BCUT2D eigenvalue weighted by Gasteiger charge is 2.18. The monoisotopic (exact) mass is 367 g/mol. The van der Waals surface area contributed by atoms with Gasteiger partial charge in [0, 0.05) is 11.8 Å². The first kappa shape index (κ1) is 18.4. The van der Waals surface area contributed by atoms with E-state index in [9.17, 15) is 14.0 Å². The largest absolute Gasteiger partial charge is 0.482 e. The summed E-state index contributed by atoms with van der Waals surface area (Å²) in [5.41, 5.74) is 0.609. The van der Waals surface area contributed by atoms with E-state index in [0.717, 1.165) is 16.8 Å². The van der Waals surface area contributed by atoms with E-state index >= 15 is 0 Å². The number of esters is 1. The van der Waals surface area contributed by atoms with Gasteiger partial charge in [0.25, 0.3) is 5.91 Å². The van der Waals surface area contributed by atoms with Crippen molar-refractivity contribution in [2.45, 2.75) is 13.0 Å². The minimum Gasteiger partial charge on any atom is -0.482 e. The molecule has 0 bridgehead atoms. The van der Waals surface area contributed by atoms with Crippen molar-refractivity contribution in [1.29, 1.82) is 0 Å². The number of anilines is 1. The molecule has 3 aromatic rings. The second-order valence-corrected chi connectivity index (χ2v) is 5.93. The molecule has 0 unspecified atom stereocenters. The van der Waals surface area contributed by atoms with E-state index < -0.39 is 30.4 Å². The summed E-state index contributed by atoms with van der Waals surface area (Å²) in [4.78, 5) is 24.0. The van der Waals surface area contributed by atoms with Crippen LogP contribution in [0.5, 0.6) is 5.75 Å². The van der Waals surface area contributed by atoms with Crippen molar-refractivity contribution in [2.24, 2.45) is 0 Å². The molecule has 1 N–H and O–H groups in total. The van der Waals surface area contributed by atoms with E-state index in [1.807, 2.05) is 36.4 Å². The molecule has 3 aromatic carbocycles. The van der Waals surface area contributed by atoms with Crippen LogP contribution in [0.4, 0.5) is 10.1 Å². The molecule has 0 spiro atoms. The average molecular weight is 367 g/mol. The molecule has 0 aliphatic heterocycles. The number of rotatable bonds is 6. The third-order valence-corrected chi connectivity index (χ3v) is 3.85. The highest BCUT2D eigenvalue weighted by molar-refractivity contribution is 5.97. The smallest absolute Gasteiger partial charge is 0.344 e. The number of hydrogen-bond acceptors (Lipinski definition) is 4. The van der Waals surface area contributed by atoms with E-state index in [1.54, 1.807) is 6.07 Å². The number of ether oxygens (including phenoxy) is 2. The molecule has 0 aliphatic carbocycles. The van der Waals surface area contributed by atoms with Gasteiger partial charge in [-0.1, -0.05) is 36.4 Å². The third kappa shape index (κ3) is 5.04. The summed E-state index contributed by atoms with van der Waals surface area (Å²) in [7, 11) is 0. The Morgan fingerprint density at radius 3 is 2.56 bits per heavy atom. The molecule has 0 radical (unpaired) electrons. The lowest BCUT2D eigenvalue weighted by molar-refractivity contribution is -0.155. The lowest BCUT2D eigenvalue weighted by Gasteiger charge is -2.14. The van der Waals surface area contributed by atoms with E-state index in [1.165, 1.54) is 25.1 Å². The van der Waals surface area contributed by atoms with Crippen LogP contribution in [0.1, 0.15) is 6.92 Å². The molecule has 138 valence electrons. The van der Waals surface area contributed by atoms with Crippen molar-refractivity contribution < 1.29 is 23.5 Å². The van der Waals surface area contributed by atoms with Crippen molar-refractivity contribution >= 4 is 28.3 Å². The summed E-state index contributed by atoms with van der Waals surface area (Å²) in [6.07, 6.45) is -1.000. The van der Waals surface area contributed by atoms with Gasteiger partial charge in [0.2, 0.25) is 0 Å². The number of carbonyl (C=O) groups is 2. The molecule has 5 nitrogen and oxygen atoms in total. The standard InChI is InChI=1S/C21H18FNO4/c1-14(27-20(24)13-26-19-8-4-7-17(22)12-19)21(25)23-18-10-9-15-5-2-3-6-16(15)11-18/h2-12,14H,13H2,1H3,(H,23,25)/t14-/m1/s1. The van der Waals surface area contributed by atoms with E-state index in [0.29, 0.717) is 5.69 Å². The van der Waals surface area contributed by atoms with Gasteiger partial charge >= 0.3 is 5.97 Å². The van der Waals surface area contributed by atoms with Crippen LogP contribution in [-0.4, -0.2) is 24.6 Å². The molecular weight excluding hydrogens is 349 g/mol. The van der Waals surface area contributed by atoms with Crippen molar-refractivity contribution in [3.05, 3.63) is 72.5 Å². The Bertz CT molecular complexity index is 973. The quantitative estimate of drug-likeness (QED) is 0.671. The van der Waals surface area contributed by atoms with Gasteiger partial charge in [-0.3, -0.25) is 4.79 Å². The molecule has 1 amide bonds. The number of halogens is 1. The maximum Gasteiger partial charge on any atom is 0.344 e. The number of fused-ring (bicyclic) bond motifs is 1. The first-order valence-electron chi connectivity index (χ1n) is 8.39. The zero-order chi connectivity index (χ0) is 19.2. The molecule has 0 saturated heterocycles. The summed E-state index contributed by atoms with van der Waals surface area (Å²) in [5, 5.41) is 4.76. The van der Waals surface area contributed by atoms with Crippen LogP contribution in [-0.2, 0) is 14.3 Å². The first-order valence-corrected chi connectivity index (χ1v) is 8.39. The Hall–Kier alpha value is -3.41. The van der Waals surface area contributed by atoms with Gasteiger partial charge < -0.3 is 14.8 Å². The SMILES string of the molecule is C[C@@H](OC(=O)COc1cccc(F)c1)C(=O)Nc1ccc2ccccc2c1. The topological polar surface area (TPSA) is 64.6 Å². The maximum atomic E-state index is 13.1. The Labute approximate surface area is 155 Å². The zero-order valence-corrected chi connectivity index (χ0v) is 14.6. The van der Waals surface area contributed by atoms with Gasteiger partial charge in [-0.2, -0.15) is 0 Å². The van der Waals surface area contributed by atoms with Crippen LogP contribution in [0.2, 0.25) is 0 Å². The molecule has 1 atom stereocenters. The Morgan fingerprint density at radius 1 is 1.00 bits per heavy atom.